The maximum absolute atomic E-state index is 13.6. The number of amides is 1. The summed E-state index contributed by atoms with van der Waals surface area (Å²) in [6, 6.07) is 1.83. The monoisotopic (exact) mass is 372 g/mol. The minimum absolute atomic E-state index is 0.0236. The number of nitro benzene ring substituents is 1. The summed E-state index contributed by atoms with van der Waals surface area (Å²) in [5, 5.41) is 19.5. The number of hydrogen-bond donors (Lipinski definition) is 1. The van der Waals surface area contributed by atoms with Gasteiger partial charge in [-0.15, -0.1) is 0 Å². The average Bonchev–Trinajstić information content (AvgIpc) is 2.56. The Hall–Kier alpha value is -2.22. The maximum atomic E-state index is 13.6. The number of nitrogens with zero attached hydrogens (tertiary/aromatic N) is 2. The van der Waals surface area contributed by atoms with E-state index in [0.29, 0.717) is 19.5 Å². The predicted molar refractivity (Wildman–Crippen MR) is 87.9 cm³/mol. The van der Waals surface area contributed by atoms with Crippen LogP contribution in [-0.2, 0) is 16.0 Å². The first-order valence-electron chi connectivity index (χ1n) is 7.89. The molecule has 1 amide bonds. The molecule has 25 heavy (non-hydrogen) atoms. The lowest BCUT2D eigenvalue weighted by Crippen LogP contribution is -2.40. The topological polar surface area (TPSA) is 101 Å². The smallest absolute Gasteiger partial charge is 0.303 e. The highest BCUT2D eigenvalue weighted by atomic mass is 35.5. The lowest BCUT2D eigenvalue weighted by Gasteiger charge is -2.32. The summed E-state index contributed by atoms with van der Waals surface area (Å²) in [6.45, 7) is 0.919. The number of carbonyl (C=O) groups excluding carboxylic acids is 1. The number of carboxylic acid groups (broad SMARTS) is 1. The highest BCUT2D eigenvalue weighted by Gasteiger charge is 2.26. The molecule has 1 unspecified atom stereocenters. The fourth-order valence-electron chi connectivity index (χ4n) is 3.02. The van der Waals surface area contributed by atoms with Crippen LogP contribution < -0.4 is 0 Å². The van der Waals surface area contributed by atoms with Crippen molar-refractivity contribution in [2.45, 2.75) is 32.1 Å². The third-order valence-corrected chi connectivity index (χ3v) is 4.59. The summed E-state index contributed by atoms with van der Waals surface area (Å²) in [5.74, 6) is -1.95. The highest BCUT2D eigenvalue weighted by Crippen LogP contribution is 2.28. The van der Waals surface area contributed by atoms with Crippen LogP contribution in [0.5, 0.6) is 0 Å². The van der Waals surface area contributed by atoms with Crippen LogP contribution in [0.3, 0.4) is 0 Å². The van der Waals surface area contributed by atoms with Crippen molar-refractivity contribution >= 4 is 29.2 Å². The van der Waals surface area contributed by atoms with Crippen LogP contribution in [0, 0.1) is 21.8 Å². The molecular weight excluding hydrogens is 355 g/mol. The van der Waals surface area contributed by atoms with Crippen LogP contribution in [-0.4, -0.2) is 39.9 Å². The number of rotatable bonds is 6. The zero-order valence-electron chi connectivity index (χ0n) is 13.4. The second kappa shape index (κ2) is 8.24. The molecule has 1 atom stereocenters. The molecule has 1 saturated heterocycles. The summed E-state index contributed by atoms with van der Waals surface area (Å²) in [5.41, 5.74) is -0.413. The fraction of sp³-hybridized carbons (Fsp3) is 0.500. The lowest BCUT2D eigenvalue weighted by molar-refractivity contribution is -0.385. The molecule has 9 heteroatoms. The Labute approximate surface area is 148 Å². The van der Waals surface area contributed by atoms with E-state index in [1.165, 1.54) is 0 Å². The molecule has 1 aromatic carbocycles. The Balaban J connectivity index is 2.07. The first-order chi connectivity index (χ1) is 11.8. The molecule has 136 valence electrons. The summed E-state index contributed by atoms with van der Waals surface area (Å²) >= 11 is 5.57. The van der Waals surface area contributed by atoms with Gasteiger partial charge in [0.1, 0.15) is 5.82 Å². The molecule has 7 nitrogen and oxygen atoms in total. The van der Waals surface area contributed by atoms with Gasteiger partial charge in [-0.25, -0.2) is 4.39 Å². The van der Waals surface area contributed by atoms with Crippen LogP contribution in [0.1, 0.15) is 31.2 Å². The number of carbonyl (C=O) groups is 2. The van der Waals surface area contributed by atoms with Crippen LogP contribution in [0.25, 0.3) is 0 Å². The molecule has 1 aliphatic heterocycles. The van der Waals surface area contributed by atoms with Gasteiger partial charge in [-0.2, -0.15) is 0 Å². The zero-order valence-corrected chi connectivity index (χ0v) is 14.2. The summed E-state index contributed by atoms with van der Waals surface area (Å²) in [6.07, 6.45) is 1.81. The summed E-state index contributed by atoms with van der Waals surface area (Å²) < 4.78 is 13.6. The number of carboxylic acids is 1. The summed E-state index contributed by atoms with van der Waals surface area (Å²) in [4.78, 5) is 35.1. The molecular formula is C16H18ClFN2O5. The lowest BCUT2D eigenvalue weighted by atomic mass is 9.93. The van der Waals surface area contributed by atoms with Gasteiger partial charge in [0.15, 0.2) is 0 Å². The van der Waals surface area contributed by atoms with Gasteiger partial charge in [0.05, 0.1) is 16.4 Å². The van der Waals surface area contributed by atoms with Crippen molar-refractivity contribution in [3.8, 4) is 0 Å². The van der Waals surface area contributed by atoms with E-state index in [0.717, 1.165) is 25.0 Å². The SMILES string of the molecule is O=C(O)CCC1CCCN(C(=O)Cc2cc(F)c(Cl)cc2[N+](=O)[O-])C1. The van der Waals surface area contributed by atoms with Gasteiger partial charge < -0.3 is 10.0 Å². The van der Waals surface area contributed by atoms with Gasteiger partial charge >= 0.3 is 5.97 Å². The number of likely N-dealkylation sites (tertiary alicyclic amines) is 1. The van der Waals surface area contributed by atoms with E-state index in [1.807, 2.05) is 0 Å². The van der Waals surface area contributed by atoms with E-state index >= 15 is 0 Å². The Morgan fingerprint density at radius 2 is 2.16 bits per heavy atom. The Bertz CT molecular complexity index is 697. The van der Waals surface area contributed by atoms with Gasteiger partial charge in [-0.1, -0.05) is 11.6 Å². The molecule has 2 rings (SSSR count). The second-order valence-corrected chi connectivity index (χ2v) is 6.52. The first-order valence-corrected chi connectivity index (χ1v) is 8.27. The Morgan fingerprint density at radius 1 is 1.44 bits per heavy atom. The van der Waals surface area contributed by atoms with Crippen molar-refractivity contribution in [1.29, 1.82) is 0 Å². The van der Waals surface area contributed by atoms with Crippen LogP contribution in [0.2, 0.25) is 5.02 Å². The molecule has 0 bridgehead atoms. The molecule has 1 heterocycles. The van der Waals surface area contributed by atoms with Crippen molar-refractivity contribution in [3.05, 3.63) is 38.7 Å². The molecule has 0 radical (unpaired) electrons. The number of benzene rings is 1. The number of halogens is 2. The molecule has 0 aliphatic carbocycles. The Kier molecular flexibility index (Phi) is 6.30. The minimum Gasteiger partial charge on any atom is -0.481 e. The van der Waals surface area contributed by atoms with Crippen molar-refractivity contribution in [1.82, 2.24) is 4.90 Å². The van der Waals surface area contributed by atoms with Gasteiger partial charge in [0.25, 0.3) is 5.69 Å². The largest absolute Gasteiger partial charge is 0.481 e. The van der Waals surface area contributed by atoms with Crippen molar-refractivity contribution in [2.24, 2.45) is 5.92 Å². The number of nitro groups is 1. The first kappa shape index (κ1) is 19.1. The van der Waals surface area contributed by atoms with E-state index in [2.05, 4.69) is 0 Å². The van der Waals surface area contributed by atoms with Crippen molar-refractivity contribution in [3.63, 3.8) is 0 Å². The van der Waals surface area contributed by atoms with E-state index in [9.17, 15) is 24.1 Å². The standard InChI is InChI=1S/C16H18ClFN2O5/c17-12-8-14(20(24)25)11(6-13(12)18)7-15(21)19-5-1-2-10(9-19)3-4-16(22)23/h6,8,10H,1-5,7,9H2,(H,22,23). The number of piperidine rings is 1. The molecule has 1 N–H and O–H groups in total. The number of hydrogen-bond acceptors (Lipinski definition) is 4. The van der Waals surface area contributed by atoms with E-state index in [1.54, 1.807) is 4.90 Å². The van der Waals surface area contributed by atoms with Crippen LogP contribution in [0.4, 0.5) is 10.1 Å². The number of aliphatic carboxylic acids is 1. The third-order valence-electron chi connectivity index (χ3n) is 4.30. The highest BCUT2D eigenvalue weighted by molar-refractivity contribution is 6.31. The second-order valence-electron chi connectivity index (χ2n) is 6.11. The van der Waals surface area contributed by atoms with E-state index in [4.69, 9.17) is 16.7 Å². The van der Waals surface area contributed by atoms with E-state index in [-0.39, 0.29) is 40.9 Å². The molecule has 0 spiro atoms. The van der Waals surface area contributed by atoms with Crippen LogP contribution in [0.15, 0.2) is 12.1 Å². The minimum atomic E-state index is -0.879. The molecule has 0 aromatic heterocycles. The molecule has 1 fully saturated rings. The average molecular weight is 373 g/mol. The predicted octanol–water partition coefficient (Wildman–Crippen LogP) is 3.03. The zero-order chi connectivity index (χ0) is 18.6. The molecule has 0 saturated carbocycles. The fourth-order valence-corrected chi connectivity index (χ4v) is 3.18. The van der Waals surface area contributed by atoms with Gasteiger partial charge in [-0.3, -0.25) is 19.7 Å². The van der Waals surface area contributed by atoms with Gasteiger partial charge in [0, 0.05) is 31.1 Å². The van der Waals surface area contributed by atoms with Gasteiger partial charge in [-0.05, 0) is 31.2 Å². The Morgan fingerprint density at radius 3 is 2.80 bits per heavy atom. The molecule has 1 aliphatic rings. The van der Waals surface area contributed by atoms with Crippen molar-refractivity contribution < 1.29 is 24.0 Å². The van der Waals surface area contributed by atoms with Crippen LogP contribution >= 0.6 is 11.6 Å². The van der Waals surface area contributed by atoms with Gasteiger partial charge in [0.2, 0.25) is 5.91 Å². The molecule has 1 aromatic rings. The summed E-state index contributed by atoms with van der Waals surface area (Å²) in [7, 11) is 0. The van der Waals surface area contributed by atoms with Crippen molar-refractivity contribution in [2.75, 3.05) is 13.1 Å². The van der Waals surface area contributed by atoms with E-state index < -0.39 is 16.7 Å². The normalized spacial score (nSPS) is 17.4. The quantitative estimate of drug-likeness (QED) is 0.611. The maximum Gasteiger partial charge on any atom is 0.303 e. The third kappa shape index (κ3) is 5.12.